The maximum absolute atomic E-state index is 12.6. The molecule has 1 amide bonds. The number of morpholine rings is 1. The number of aromatic nitrogens is 1. The van der Waals surface area contributed by atoms with Crippen LogP contribution < -0.4 is 4.74 Å². The molecule has 4 rings (SSSR count). The Balaban J connectivity index is 1.26. The molecule has 1 fully saturated rings. The van der Waals surface area contributed by atoms with Crippen LogP contribution in [0.15, 0.2) is 42.7 Å². The Morgan fingerprint density at radius 3 is 2.96 bits per heavy atom. The van der Waals surface area contributed by atoms with Gasteiger partial charge in [0.05, 0.1) is 13.2 Å². The normalized spacial score (nSPS) is 19.1. The fourth-order valence-corrected chi connectivity index (χ4v) is 3.99. The van der Waals surface area contributed by atoms with E-state index in [2.05, 4.69) is 23.2 Å². The third kappa shape index (κ3) is 4.90. The summed E-state index contributed by atoms with van der Waals surface area (Å²) in [5.74, 6) is 1.08. The van der Waals surface area contributed by atoms with E-state index in [9.17, 15) is 4.79 Å². The van der Waals surface area contributed by atoms with Crippen LogP contribution in [0.4, 0.5) is 0 Å². The largest absolute Gasteiger partial charge is 0.491 e. The molecule has 1 aliphatic carbocycles. The van der Waals surface area contributed by atoms with Gasteiger partial charge in [0.1, 0.15) is 18.5 Å². The highest BCUT2D eigenvalue weighted by Crippen LogP contribution is 2.25. The summed E-state index contributed by atoms with van der Waals surface area (Å²) in [7, 11) is 0. The lowest BCUT2D eigenvalue weighted by molar-refractivity contribution is -0.139. The summed E-state index contributed by atoms with van der Waals surface area (Å²) in [4.78, 5) is 18.6. The summed E-state index contributed by atoms with van der Waals surface area (Å²) in [5.41, 5.74) is 3.97. The second kappa shape index (κ2) is 9.20. The van der Waals surface area contributed by atoms with Gasteiger partial charge in [0.2, 0.25) is 5.91 Å². The van der Waals surface area contributed by atoms with E-state index in [4.69, 9.17) is 9.47 Å². The van der Waals surface area contributed by atoms with Crippen molar-refractivity contribution in [2.75, 3.05) is 26.3 Å². The summed E-state index contributed by atoms with van der Waals surface area (Å²) >= 11 is 0. The zero-order valence-electron chi connectivity index (χ0n) is 16.3. The number of pyridine rings is 1. The van der Waals surface area contributed by atoms with Crippen LogP contribution in [0, 0.1) is 0 Å². The van der Waals surface area contributed by atoms with Gasteiger partial charge in [0.25, 0.3) is 0 Å². The molecule has 28 heavy (non-hydrogen) atoms. The maximum Gasteiger partial charge on any atom is 0.223 e. The number of benzene rings is 1. The van der Waals surface area contributed by atoms with Crippen molar-refractivity contribution >= 4 is 5.91 Å². The SMILES string of the molecule is O=C(CCc1cccnc1)N1CCOC(COc2ccc3c(c2)CCCC3)C1. The first kappa shape index (κ1) is 18.9. The van der Waals surface area contributed by atoms with Gasteiger partial charge in [0, 0.05) is 25.4 Å². The van der Waals surface area contributed by atoms with Gasteiger partial charge in [-0.15, -0.1) is 0 Å². The Morgan fingerprint density at radius 1 is 1.21 bits per heavy atom. The van der Waals surface area contributed by atoms with E-state index in [1.807, 2.05) is 23.2 Å². The predicted molar refractivity (Wildman–Crippen MR) is 107 cm³/mol. The van der Waals surface area contributed by atoms with Crippen LogP contribution in [0.25, 0.3) is 0 Å². The minimum atomic E-state index is -0.0767. The highest BCUT2D eigenvalue weighted by atomic mass is 16.5. The topological polar surface area (TPSA) is 51.7 Å². The third-order valence-electron chi connectivity index (χ3n) is 5.60. The Bertz CT molecular complexity index is 794. The van der Waals surface area contributed by atoms with Crippen LogP contribution in [0.3, 0.4) is 0 Å². The lowest BCUT2D eigenvalue weighted by atomic mass is 9.92. The van der Waals surface area contributed by atoms with Gasteiger partial charge >= 0.3 is 0 Å². The van der Waals surface area contributed by atoms with E-state index >= 15 is 0 Å². The molecule has 1 aromatic carbocycles. The van der Waals surface area contributed by atoms with E-state index in [1.165, 1.54) is 30.4 Å². The predicted octanol–water partition coefficient (Wildman–Crippen LogP) is 3.20. The van der Waals surface area contributed by atoms with Crippen LogP contribution in [0.1, 0.15) is 36.0 Å². The van der Waals surface area contributed by atoms with E-state index in [0.29, 0.717) is 32.7 Å². The van der Waals surface area contributed by atoms with E-state index in [1.54, 1.807) is 6.20 Å². The lowest BCUT2D eigenvalue weighted by Gasteiger charge is -2.33. The number of amides is 1. The van der Waals surface area contributed by atoms with Crippen molar-refractivity contribution in [2.45, 2.75) is 44.6 Å². The highest BCUT2D eigenvalue weighted by Gasteiger charge is 2.24. The average Bonchev–Trinajstić information content (AvgIpc) is 2.77. The fraction of sp³-hybridized carbons (Fsp3) is 0.478. The van der Waals surface area contributed by atoms with Crippen molar-refractivity contribution in [1.29, 1.82) is 0 Å². The zero-order valence-corrected chi connectivity index (χ0v) is 16.3. The van der Waals surface area contributed by atoms with E-state index in [-0.39, 0.29) is 12.0 Å². The van der Waals surface area contributed by atoms with Crippen molar-refractivity contribution in [2.24, 2.45) is 0 Å². The first-order valence-electron chi connectivity index (χ1n) is 10.3. The van der Waals surface area contributed by atoms with Crippen LogP contribution in [0.5, 0.6) is 5.75 Å². The molecule has 1 aliphatic heterocycles. The van der Waals surface area contributed by atoms with Crippen molar-refractivity contribution in [3.05, 3.63) is 59.4 Å². The highest BCUT2D eigenvalue weighted by molar-refractivity contribution is 5.76. The van der Waals surface area contributed by atoms with Gasteiger partial charge in [-0.2, -0.15) is 0 Å². The maximum atomic E-state index is 12.6. The van der Waals surface area contributed by atoms with Gasteiger partial charge in [0.15, 0.2) is 0 Å². The number of rotatable bonds is 6. The van der Waals surface area contributed by atoms with Crippen molar-refractivity contribution < 1.29 is 14.3 Å². The Kier molecular flexibility index (Phi) is 6.22. The van der Waals surface area contributed by atoms with Crippen LogP contribution in [-0.4, -0.2) is 48.2 Å². The molecule has 5 heteroatoms. The number of fused-ring (bicyclic) bond motifs is 1. The molecule has 0 bridgehead atoms. The summed E-state index contributed by atoms with van der Waals surface area (Å²) < 4.78 is 11.8. The number of nitrogens with zero attached hydrogens (tertiary/aromatic N) is 2. The molecule has 0 saturated carbocycles. The summed E-state index contributed by atoms with van der Waals surface area (Å²) in [6.07, 6.45) is 9.59. The van der Waals surface area contributed by atoms with Crippen LogP contribution in [-0.2, 0) is 28.8 Å². The monoisotopic (exact) mass is 380 g/mol. The molecule has 2 heterocycles. The standard InChI is InChI=1S/C23H28N2O3/c26-23(10-7-18-4-3-11-24-15-18)25-12-13-27-22(16-25)17-28-21-9-8-19-5-1-2-6-20(19)14-21/h3-4,8-9,11,14-15,22H,1-2,5-7,10,12-13,16-17H2. The molecule has 1 saturated heterocycles. The number of hydrogen-bond donors (Lipinski definition) is 0. The molecule has 1 unspecified atom stereocenters. The first-order valence-corrected chi connectivity index (χ1v) is 10.3. The van der Waals surface area contributed by atoms with Crippen LogP contribution >= 0.6 is 0 Å². The molecule has 0 N–H and O–H groups in total. The zero-order chi connectivity index (χ0) is 19.2. The van der Waals surface area contributed by atoms with Gasteiger partial charge in [-0.25, -0.2) is 0 Å². The number of ether oxygens (including phenoxy) is 2. The molecule has 2 aliphatic rings. The van der Waals surface area contributed by atoms with Crippen molar-refractivity contribution in [1.82, 2.24) is 9.88 Å². The second-order valence-electron chi connectivity index (χ2n) is 7.64. The molecular formula is C23H28N2O3. The molecule has 0 radical (unpaired) electrons. The molecular weight excluding hydrogens is 352 g/mol. The number of carbonyl (C=O) groups excluding carboxylic acids is 1. The smallest absolute Gasteiger partial charge is 0.223 e. The minimum absolute atomic E-state index is 0.0767. The Morgan fingerprint density at radius 2 is 2.11 bits per heavy atom. The van der Waals surface area contributed by atoms with Gasteiger partial charge < -0.3 is 14.4 Å². The summed E-state index contributed by atoms with van der Waals surface area (Å²) in [6, 6.07) is 10.3. The Hall–Kier alpha value is -2.40. The molecule has 5 nitrogen and oxygen atoms in total. The molecule has 2 aromatic rings. The summed E-state index contributed by atoms with van der Waals surface area (Å²) in [5, 5.41) is 0. The van der Waals surface area contributed by atoms with Crippen molar-refractivity contribution in [3.8, 4) is 5.75 Å². The summed E-state index contributed by atoms with van der Waals surface area (Å²) in [6.45, 7) is 2.29. The van der Waals surface area contributed by atoms with Crippen LogP contribution in [0.2, 0.25) is 0 Å². The lowest BCUT2D eigenvalue weighted by Crippen LogP contribution is -2.47. The third-order valence-corrected chi connectivity index (χ3v) is 5.60. The molecule has 1 atom stereocenters. The van der Waals surface area contributed by atoms with E-state index in [0.717, 1.165) is 24.2 Å². The first-order chi connectivity index (χ1) is 13.8. The van der Waals surface area contributed by atoms with Gasteiger partial charge in [-0.1, -0.05) is 12.1 Å². The molecule has 148 valence electrons. The number of carbonyl (C=O) groups is 1. The minimum Gasteiger partial charge on any atom is -0.491 e. The number of aryl methyl sites for hydroxylation is 3. The van der Waals surface area contributed by atoms with E-state index < -0.39 is 0 Å². The molecule has 0 spiro atoms. The van der Waals surface area contributed by atoms with Crippen molar-refractivity contribution in [3.63, 3.8) is 0 Å². The molecule has 1 aromatic heterocycles. The average molecular weight is 380 g/mol. The fourth-order valence-electron chi connectivity index (χ4n) is 3.99. The quantitative estimate of drug-likeness (QED) is 0.772. The number of hydrogen-bond acceptors (Lipinski definition) is 4. The second-order valence-corrected chi connectivity index (χ2v) is 7.64. The van der Waals surface area contributed by atoms with Gasteiger partial charge in [-0.3, -0.25) is 9.78 Å². The van der Waals surface area contributed by atoms with Gasteiger partial charge in [-0.05, 0) is 67.0 Å². The Labute approximate surface area is 166 Å².